The third-order valence-electron chi connectivity index (χ3n) is 3.47. The maximum atomic E-state index is 6.19. The Morgan fingerprint density at radius 3 is 2.65 bits per heavy atom. The van der Waals surface area contributed by atoms with Crippen molar-refractivity contribution < 1.29 is 0 Å². The summed E-state index contributed by atoms with van der Waals surface area (Å²) in [6, 6.07) is 10.9. The van der Waals surface area contributed by atoms with Crippen molar-refractivity contribution in [2.24, 2.45) is 0 Å². The molecule has 0 aliphatic rings. The number of thiophene rings is 1. The van der Waals surface area contributed by atoms with Gasteiger partial charge in [0.15, 0.2) is 0 Å². The Balaban J connectivity index is 2.38. The lowest BCUT2D eigenvalue weighted by Crippen LogP contribution is -2.23. The lowest BCUT2D eigenvalue weighted by Gasteiger charge is -2.20. The minimum Gasteiger partial charge on any atom is -0.306 e. The Hall–Kier alpha value is -0.830. The zero-order valence-electron chi connectivity index (χ0n) is 12.4. The molecule has 0 aliphatic heterocycles. The maximum absolute atomic E-state index is 6.19. The molecule has 2 rings (SSSR count). The van der Waals surface area contributed by atoms with E-state index in [9.17, 15) is 0 Å². The van der Waals surface area contributed by atoms with Crippen LogP contribution in [0.4, 0.5) is 0 Å². The molecule has 0 bridgehead atoms. The molecule has 0 saturated carbocycles. The fourth-order valence-corrected chi connectivity index (χ4v) is 3.54. The molecule has 2 aromatic rings. The summed E-state index contributed by atoms with van der Waals surface area (Å²) in [5.74, 6) is 0. The van der Waals surface area contributed by atoms with Crippen LogP contribution in [0.15, 0.2) is 30.3 Å². The van der Waals surface area contributed by atoms with Crippen LogP contribution in [-0.2, 0) is 6.42 Å². The predicted molar refractivity (Wildman–Crippen MR) is 90.0 cm³/mol. The first-order valence-electron chi connectivity index (χ1n) is 7.23. The smallest absolute Gasteiger partial charge is 0.0674 e. The summed E-state index contributed by atoms with van der Waals surface area (Å²) in [6.07, 6.45) is 2.22. The van der Waals surface area contributed by atoms with Crippen molar-refractivity contribution >= 4 is 22.9 Å². The van der Waals surface area contributed by atoms with E-state index in [-0.39, 0.29) is 6.04 Å². The summed E-state index contributed by atoms with van der Waals surface area (Å²) in [5, 5.41) is 4.47. The van der Waals surface area contributed by atoms with Crippen molar-refractivity contribution in [2.45, 2.75) is 39.7 Å². The number of benzene rings is 1. The van der Waals surface area contributed by atoms with E-state index in [0.717, 1.165) is 24.4 Å². The van der Waals surface area contributed by atoms with Gasteiger partial charge in [-0.05, 0) is 61.7 Å². The number of halogens is 1. The molecule has 1 N–H and O–H groups in total. The van der Waals surface area contributed by atoms with Gasteiger partial charge in [-0.2, -0.15) is 0 Å². The first-order valence-corrected chi connectivity index (χ1v) is 8.43. The highest BCUT2D eigenvalue weighted by Gasteiger charge is 2.17. The Morgan fingerprint density at radius 2 is 2.00 bits per heavy atom. The van der Waals surface area contributed by atoms with Crippen molar-refractivity contribution in [2.75, 3.05) is 6.54 Å². The Labute approximate surface area is 131 Å². The molecule has 1 aromatic carbocycles. The highest BCUT2D eigenvalue weighted by molar-refractivity contribution is 7.12. The molecule has 0 fully saturated rings. The van der Waals surface area contributed by atoms with Gasteiger partial charge in [-0.3, -0.25) is 0 Å². The Bertz CT molecular complexity index is 562. The Morgan fingerprint density at radius 1 is 1.20 bits per heavy atom. The van der Waals surface area contributed by atoms with Crippen LogP contribution >= 0.6 is 22.9 Å². The van der Waals surface area contributed by atoms with E-state index in [1.165, 1.54) is 20.9 Å². The number of hydrogen-bond donors (Lipinski definition) is 1. The fraction of sp³-hybridized carbons (Fsp3) is 0.412. The lowest BCUT2D eigenvalue weighted by atomic mass is 10.00. The van der Waals surface area contributed by atoms with Crippen LogP contribution in [0, 0.1) is 6.92 Å². The number of aryl methyl sites for hydroxylation is 2. The topological polar surface area (TPSA) is 12.0 Å². The van der Waals surface area contributed by atoms with Gasteiger partial charge in [0, 0.05) is 14.8 Å². The third kappa shape index (κ3) is 3.63. The summed E-state index contributed by atoms with van der Waals surface area (Å²) in [4.78, 5) is 2.81. The van der Waals surface area contributed by atoms with Gasteiger partial charge < -0.3 is 5.32 Å². The van der Waals surface area contributed by atoms with Gasteiger partial charge in [-0.25, -0.2) is 0 Å². The molecular weight excluding hydrogens is 286 g/mol. The normalized spacial score (nSPS) is 12.6. The minimum absolute atomic E-state index is 0.249. The van der Waals surface area contributed by atoms with Crippen LogP contribution in [0.25, 0.3) is 0 Å². The number of hydrogen-bond acceptors (Lipinski definition) is 2. The van der Waals surface area contributed by atoms with Crippen molar-refractivity contribution in [1.29, 1.82) is 0 Å². The highest BCUT2D eigenvalue weighted by atomic mass is 35.5. The molecule has 3 heteroatoms. The van der Waals surface area contributed by atoms with Gasteiger partial charge in [0.05, 0.1) is 6.04 Å². The first-order chi connectivity index (χ1) is 9.65. The number of nitrogens with one attached hydrogen (secondary N) is 1. The van der Waals surface area contributed by atoms with Gasteiger partial charge in [-0.15, -0.1) is 11.3 Å². The van der Waals surface area contributed by atoms with E-state index < -0.39 is 0 Å². The van der Waals surface area contributed by atoms with E-state index in [2.05, 4.69) is 50.4 Å². The molecule has 0 spiro atoms. The molecule has 0 amide bonds. The average Bonchev–Trinajstić information content (AvgIpc) is 2.92. The van der Waals surface area contributed by atoms with Gasteiger partial charge in [0.2, 0.25) is 0 Å². The van der Waals surface area contributed by atoms with Crippen LogP contribution in [0.5, 0.6) is 0 Å². The van der Waals surface area contributed by atoms with Gasteiger partial charge in [-0.1, -0.05) is 31.5 Å². The van der Waals surface area contributed by atoms with Crippen molar-refractivity contribution in [3.8, 4) is 0 Å². The maximum Gasteiger partial charge on any atom is 0.0674 e. The molecule has 0 saturated heterocycles. The molecule has 1 aromatic heterocycles. The predicted octanol–water partition coefficient (Wildman–Crippen LogP) is 5.36. The van der Waals surface area contributed by atoms with Crippen LogP contribution < -0.4 is 5.32 Å². The number of rotatable bonds is 6. The van der Waals surface area contributed by atoms with Gasteiger partial charge >= 0.3 is 0 Å². The summed E-state index contributed by atoms with van der Waals surface area (Å²) in [5.41, 5.74) is 2.57. The molecule has 0 radical (unpaired) electrons. The quantitative estimate of drug-likeness (QED) is 0.757. The van der Waals surface area contributed by atoms with E-state index in [0.29, 0.717) is 0 Å². The van der Waals surface area contributed by atoms with Crippen LogP contribution in [-0.4, -0.2) is 6.54 Å². The first kappa shape index (κ1) is 15.6. The monoisotopic (exact) mass is 307 g/mol. The highest BCUT2D eigenvalue weighted by Crippen LogP contribution is 2.32. The molecule has 1 nitrogen and oxygen atoms in total. The van der Waals surface area contributed by atoms with Gasteiger partial charge in [0.25, 0.3) is 0 Å². The average molecular weight is 308 g/mol. The third-order valence-corrected chi connectivity index (χ3v) is 5.00. The molecule has 108 valence electrons. The minimum atomic E-state index is 0.249. The van der Waals surface area contributed by atoms with Crippen LogP contribution in [0.2, 0.25) is 5.02 Å². The van der Waals surface area contributed by atoms with E-state index in [4.69, 9.17) is 11.6 Å². The molecule has 1 heterocycles. The van der Waals surface area contributed by atoms with E-state index in [1.54, 1.807) is 0 Å². The summed E-state index contributed by atoms with van der Waals surface area (Å²) in [7, 11) is 0. The van der Waals surface area contributed by atoms with Crippen molar-refractivity contribution in [3.05, 3.63) is 56.2 Å². The van der Waals surface area contributed by atoms with Crippen LogP contribution in [0.3, 0.4) is 0 Å². The summed E-state index contributed by atoms with van der Waals surface area (Å²) in [6.45, 7) is 7.56. The second kappa shape index (κ2) is 7.26. The molecule has 0 aliphatic carbocycles. The lowest BCUT2D eigenvalue weighted by molar-refractivity contribution is 0.603. The zero-order chi connectivity index (χ0) is 14.5. The van der Waals surface area contributed by atoms with E-state index >= 15 is 0 Å². The Kier molecular flexibility index (Phi) is 5.64. The zero-order valence-corrected chi connectivity index (χ0v) is 13.9. The molecule has 1 unspecified atom stereocenters. The second-order valence-electron chi connectivity index (χ2n) is 5.05. The second-order valence-corrected chi connectivity index (χ2v) is 6.68. The fourth-order valence-electron chi connectivity index (χ4n) is 2.31. The summed E-state index contributed by atoms with van der Waals surface area (Å²) >= 11 is 8.09. The van der Waals surface area contributed by atoms with Crippen molar-refractivity contribution in [1.82, 2.24) is 5.32 Å². The van der Waals surface area contributed by atoms with Crippen molar-refractivity contribution in [3.63, 3.8) is 0 Å². The largest absolute Gasteiger partial charge is 0.306 e. The molecule has 20 heavy (non-hydrogen) atoms. The molecular formula is C17H22ClNS. The van der Waals surface area contributed by atoms with E-state index in [1.807, 2.05) is 17.4 Å². The van der Waals surface area contributed by atoms with Gasteiger partial charge in [0.1, 0.15) is 0 Å². The summed E-state index contributed by atoms with van der Waals surface area (Å²) < 4.78 is 0. The molecule has 1 atom stereocenters. The SMILES string of the molecule is CCCNC(c1ccc(CC)s1)c1cc(Cl)ccc1C. The van der Waals surface area contributed by atoms with Crippen LogP contribution in [0.1, 0.15) is 47.2 Å². The standard InChI is InChI=1S/C17H22ClNS/c1-4-10-19-17(16-9-8-14(5-2)20-16)15-11-13(18)7-6-12(15)3/h6-9,11,17,19H,4-5,10H2,1-3H3.